The normalized spacial score (nSPS) is 14.5. The van der Waals surface area contributed by atoms with Gasteiger partial charge in [0.15, 0.2) is 12.2 Å². The molecule has 0 aromatic rings. The van der Waals surface area contributed by atoms with E-state index in [1.165, 1.54) is 135 Å². The standard InChI is InChI=1S/C83H144O17P2/c1-5-9-13-17-21-25-29-33-37-38-42-44-48-52-56-60-64-68-81(86)94-74-79(100-83(88)70-66-62-58-54-50-46-41-36-32-28-24-20-16-12-8-4)76-98-102(91,92)96-72-77(84)71-95-101(89,90)97-75-78(99-82(87)69-65-61-57-53-49-45-40-35-31-27-23-19-15-11-7-3)73-93-80(85)67-63-59-55-51-47-43-39-34-30-26-22-18-14-10-6-2/h9,12-13,16,21,24-25,28,33,36-37,41-42,44,50,52,54,56,77-79,84H,5-8,10-11,14-15,17-20,22-23,26-27,29-32,34-35,38-40,43,45-49,51,53,55,57-76H2,1-4H3,(H,89,90)(H,91,92)/b13-9-,16-12-,25-21-,28-24-,37-33-,41-36-,44-42-,54-50-,56-52-. The van der Waals surface area contributed by atoms with E-state index in [2.05, 4.69) is 125 Å². The molecule has 588 valence electrons. The molecule has 0 aromatic carbocycles. The maximum Gasteiger partial charge on any atom is 0.472 e. The number of rotatable bonds is 75. The van der Waals surface area contributed by atoms with E-state index in [-0.39, 0.29) is 25.7 Å². The molecule has 0 aromatic heterocycles. The second-order valence-electron chi connectivity index (χ2n) is 26.6. The van der Waals surface area contributed by atoms with Crippen molar-refractivity contribution in [2.45, 2.75) is 354 Å². The molecule has 0 rings (SSSR count). The number of carbonyl (C=O) groups is 4. The topological polar surface area (TPSA) is 237 Å². The fraction of sp³-hybridized carbons (Fsp3) is 0.735. The highest BCUT2D eigenvalue weighted by molar-refractivity contribution is 7.47. The second kappa shape index (κ2) is 75.0. The van der Waals surface area contributed by atoms with Crippen LogP contribution in [0.5, 0.6) is 0 Å². The van der Waals surface area contributed by atoms with Crippen molar-refractivity contribution in [3.63, 3.8) is 0 Å². The minimum Gasteiger partial charge on any atom is -0.462 e. The van der Waals surface area contributed by atoms with Gasteiger partial charge in [-0.3, -0.25) is 37.3 Å². The Hall–Kier alpha value is -4.28. The fourth-order valence-corrected chi connectivity index (χ4v) is 12.3. The quantitative estimate of drug-likeness (QED) is 0.0169. The minimum absolute atomic E-state index is 0.0293. The predicted molar refractivity (Wildman–Crippen MR) is 418 cm³/mol. The zero-order chi connectivity index (χ0) is 74.6. The highest BCUT2D eigenvalue weighted by Crippen LogP contribution is 2.45. The van der Waals surface area contributed by atoms with Gasteiger partial charge in [0.1, 0.15) is 19.3 Å². The average molecular weight is 1480 g/mol. The van der Waals surface area contributed by atoms with E-state index in [9.17, 15) is 43.2 Å². The van der Waals surface area contributed by atoms with Crippen molar-refractivity contribution in [2.75, 3.05) is 39.6 Å². The lowest BCUT2D eigenvalue weighted by Crippen LogP contribution is -2.30. The number of aliphatic hydroxyl groups excluding tert-OH is 1. The van der Waals surface area contributed by atoms with Crippen LogP contribution >= 0.6 is 15.6 Å². The summed E-state index contributed by atoms with van der Waals surface area (Å²) in [7, 11) is -9.98. The number of phosphoric ester groups is 2. The fourth-order valence-electron chi connectivity index (χ4n) is 10.7. The van der Waals surface area contributed by atoms with Gasteiger partial charge in [0.05, 0.1) is 26.4 Å². The van der Waals surface area contributed by atoms with E-state index in [1.807, 2.05) is 12.2 Å². The Morgan fingerprint density at radius 2 is 0.520 bits per heavy atom. The Morgan fingerprint density at radius 1 is 0.284 bits per heavy atom. The van der Waals surface area contributed by atoms with Gasteiger partial charge in [-0.1, -0.05) is 317 Å². The van der Waals surface area contributed by atoms with Crippen molar-refractivity contribution in [1.29, 1.82) is 0 Å². The number of phosphoric acid groups is 2. The molecule has 5 atom stereocenters. The molecule has 19 heteroatoms. The molecule has 5 unspecified atom stereocenters. The first-order valence-electron chi connectivity index (χ1n) is 40.1. The minimum atomic E-state index is -5.00. The van der Waals surface area contributed by atoms with Crippen LogP contribution in [0, 0.1) is 0 Å². The van der Waals surface area contributed by atoms with Gasteiger partial charge >= 0.3 is 39.5 Å². The van der Waals surface area contributed by atoms with E-state index in [0.29, 0.717) is 38.5 Å². The predicted octanol–water partition coefficient (Wildman–Crippen LogP) is 23.3. The third-order valence-electron chi connectivity index (χ3n) is 16.8. The molecule has 0 spiro atoms. The number of aliphatic hydroxyl groups is 1. The molecule has 17 nitrogen and oxygen atoms in total. The average Bonchev–Trinajstić information content (AvgIpc) is 0.923. The molecule has 0 saturated carbocycles. The van der Waals surface area contributed by atoms with Crippen LogP contribution in [0.1, 0.15) is 336 Å². The SMILES string of the molecule is CC/C=C\C/C=C\C/C=C\C/C=C\C/C=C\CCCC(=O)OCC(COP(=O)(O)OCC(O)COP(=O)(O)OCC(COC(=O)CCCCCCCCCCCCCCCCC)OC(=O)CCCCCCCCCCCCCCCCC)OC(=O)CCCC/C=C\C/C=C\C/C=C\C/C=C\CC. The maximum atomic E-state index is 13.1. The molecule has 0 saturated heterocycles. The third-order valence-corrected chi connectivity index (χ3v) is 18.7. The molecule has 0 aliphatic heterocycles. The van der Waals surface area contributed by atoms with Gasteiger partial charge in [-0.25, -0.2) is 9.13 Å². The van der Waals surface area contributed by atoms with E-state index in [1.54, 1.807) is 0 Å². The number of hydrogen-bond donors (Lipinski definition) is 3. The lowest BCUT2D eigenvalue weighted by atomic mass is 10.0. The number of esters is 4. The zero-order valence-corrected chi connectivity index (χ0v) is 66.0. The number of allylic oxidation sites excluding steroid dienone is 18. The molecular formula is C83H144O17P2. The summed E-state index contributed by atoms with van der Waals surface area (Å²) in [4.78, 5) is 73.0. The Kier molecular flexibility index (Phi) is 71.8. The molecule has 0 aliphatic rings. The van der Waals surface area contributed by atoms with Crippen LogP contribution in [-0.4, -0.2) is 96.7 Å². The summed E-state index contributed by atoms with van der Waals surface area (Å²) >= 11 is 0. The molecule has 102 heavy (non-hydrogen) atoms. The summed E-state index contributed by atoms with van der Waals surface area (Å²) in [5.74, 6) is -2.27. The molecule has 0 bridgehead atoms. The van der Waals surface area contributed by atoms with Crippen LogP contribution in [-0.2, 0) is 65.4 Å². The lowest BCUT2D eigenvalue weighted by molar-refractivity contribution is -0.161. The summed E-state index contributed by atoms with van der Waals surface area (Å²) in [6.45, 7) is 4.58. The smallest absolute Gasteiger partial charge is 0.462 e. The summed E-state index contributed by atoms with van der Waals surface area (Å²) in [5, 5.41) is 10.6. The van der Waals surface area contributed by atoms with Crippen LogP contribution in [0.2, 0.25) is 0 Å². The van der Waals surface area contributed by atoms with Gasteiger partial charge in [0, 0.05) is 25.7 Å². The van der Waals surface area contributed by atoms with Crippen LogP contribution in [0.3, 0.4) is 0 Å². The van der Waals surface area contributed by atoms with Crippen molar-refractivity contribution < 1.29 is 80.2 Å². The molecule has 0 amide bonds. The number of hydrogen-bond acceptors (Lipinski definition) is 15. The van der Waals surface area contributed by atoms with Crippen molar-refractivity contribution in [2.24, 2.45) is 0 Å². The van der Waals surface area contributed by atoms with Crippen molar-refractivity contribution in [3.8, 4) is 0 Å². The van der Waals surface area contributed by atoms with Gasteiger partial charge < -0.3 is 33.8 Å². The van der Waals surface area contributed by atoms with E-state index < -0.39 is 97.5 Å². The molecule has 0 fully saturated rings. The highest BCUT2D eigenvalue weighted by Gasteiger charge is 2.30. The van der Waals surface area contributed by atoms with Gasteiger partial charge in [-0.15, -0.1) is 0 Å². The first kappa shape index (κ1) is 97.7. The zero-order valence-electron chi connectivity index (χ0n) is 64.3. The molecule has 3 N–H and O–H groups in total. The summed E-state index contributed by atoms with van der Waals surface area (Å²) in [6, 6.07) is 0. The Morgan fingerprint density at radius 3 is 0.824 bits per heavy atom. The third kappa shape index (κ3) is 74.0. The maximum absolute atomic E-state index is 13.1. The molecular weight excluding hydrogens is 1330 g/mol. The van der Waals surface area contributed by atoms with Crippen molar-refractivity contribution in [3.05, 3.63) is 109 Å². The lowest BCUT2D eigenvalue weighted by Gasteiger charge is -2.21. The monoisotopic (exact) mass is 1470 g/mol. The summed E-state index contributed by atoms with van der Waals surface area (Å²) in [5.41, 5.74) is 0. The van der Waals surface area contributed by atoms with Crippen LogP contribution < -0.4 is 0 Å². The second-order valence-corrected chi connectivity index (χ2v) is 29.5. The molecule has 0 aliphatic carbocycles. The first-order chi connectivity index (χ1) is 49.7. The summed E-state index contributed by atoms with van der Waals surface area (Å²) in [6.07, 6.45) is 80.8. The highest BCUT2D eigenvalue weighted by atomic mass is 31.2. The largest absolute Gasteiger partial charge is 0.472 e. The van der Waals surface area contributed by atoms with Crippen LogP contribution in [0.4, 0.5) is 0 Å². The molecule has 0 radical (unpaired) electrons. The Labute approximate surface area is 619 Å². The van der Waals surface area contributed by atoms with Crippen molar-refractivity contribution in [1.82, 2.24) is 0 Å². The van der Waals surface area contributed by atoms with Gasteiger partial charge in [0.2, 0.25) is 0 Å². The number of ether oxygens (including phenoxy) is 4. The van der Waals surface area contributed by atoms with E-state index in [4.69, 9.17) is 37.0 Å². The Bertz CT molecular complexity index is 2360. The van der Waals surface area contributed by atoms with E-state index in [0.717, 1.165) is 109 Å². The van der Waals surface area contributed by atoms with Crippen molar-refractivity contribution >= 4 is 39.5 Å². The number of unbranched alkanes of at least 4 members (excludes halogenated alkanes) is 31. The van der Waals surface area contributed by atoms with E-state index >= 15 is 0 Å². The number of carbonyl (C=O) groups excluding carboxylic acids is 4. The van der Waals surface area contributed by atoms with Crippen LogP contribution in [0.25, 0.3) is 0 Å². The van der Waals surface area contributed by atoms with Gasteiger partial charge in [-0.2, -0.15) is 0 Å². The Balaban J connectivity index is 5.42. The van der Waals surface area contributed by atoms with Gasteiger partial charge in [0.25, 0.3) is 0 Å². The summed E-state index contributed by atoms with van der Waals surface area (Å²) < 4.78 is 68.5. The first-order valence-corrected chi connectivity index (χ1v) is 43.1. The van der Waals surface area contributed by atoms with Crippen LogP contribution in [0.15, 0.2) is 109 Å². The molecule has 0 heterocycles. The van der Waals surface area contributed by atoms with Gasteiger partial charge in [-0.05, 0) is 103 Å².